The van der Waals surface area contributed by atoms with E-state index in [1.807, 2.05) is 29.9 Å². The van der Waals surface area contributed by atoms with Crippen molar-refractivity contribution >= 4 is 5.91 Å². The van der Waals surface area contributed by atoms with Gasteiger partial charge in [-0.3, -0.25) is 9.78 Å². The number of aryl methyl sites for hydroxylation is 2. The molecule has 0 saturated heterocycles. The number of rotatable bonds is 6. The fourth-order valence-corrected chi connectivity index (χ4v) is 2.15. The van der Waals surface area contributed by atoms with Crippen LogP contribution < -0.4 is 5.32 Å². The Morgan fingerprint density at radius 2 is 2.13 bits per heavy atom. The van der Waals surface area contributed by atoms with Gasteiger partial charge in [0.1, 0.15) is 0 Å². The number of carbonyl (C=O) groups excluding carboxylic acids is 1. The van der Waals surface area contributed by atoms with Crippen LogP contribution in [-0.4, -0.2) is 25.6 Å². The second-order valence-electron chi connectivity index (χ2n) is 5.13. The normalized spacial score (nSPS) is 10.7. The van der Waals surface area contributed by atoms with Crippen LogP contribution in [0.3, 0.4) is 0 Å². The lowest BCUT2D eigenvalue weighted by Gasteiger charge is -2.05. The zero-order chi connectivity index (χ0) is 16.1. The minimum atomic E-state index is -0.0464. The van der Waals surface area contributed by atoms with Crippen LogP contribution in [0.2, 0.25) is 0 Å². The number of pyridine rings is 1. The quantitative estimate of drug-likeness (QED) is 0.749. The Kier molecular flexibility index (Phi) is 4.46. The molecule has 0 bridgehead atoms. The maximum Gasteiger partial charge on any atom is 0.227 e. The summed E-state index contributed by atoms with van der Waals surface area (Å²) >= 11 is 0. The molecule has 3 rings (SSSR count). The molecule has 3 aromatic heterocycles. The lowest BCUT2D eigenvalue weighted by atomic mass is 10.2. The number of aromatic nitrogens is 4. The Morgan fingerprint density at radius 3 is 2.87 bits per heavy atom. The summed E-state index contributed by atoms with van der Waals surface area (Å²) in [5.74, 6) is 0.910. The van der Waals surface area contributed by atoms with E-state index in [0.29, 0.717) is 31.1 Å². The first kappa shape index (κ1) is 15.0. The standard InChI is InChI=1S/C16H17N5O2/c1-21-10-2-3-13(21)11-18-14(22)4-5-15-19-16(20-23-15)12-6-8-17-9-7-12/h2-3,6-10H,4-5,11H2,1H3,(H,18,22). The van der Waals surface area contributed by atoms with Crippen molar-refractivity contribution in [2.45, 2.75) is 19.4 Å². The van der Waals surface area contributed by atoms with Gasteiger partial charge in [0.2, 0.25) is 17.6 Å². The molecule has 0 aliphatic carbocycles. The van der Waals surface area contributed by atoms with Crippen molar-refractivity contribution < 1.29 is 9.32 Å². The van der Waals surface area contributed by atoms with Gasteiger partial charge in [-0.25, -0.2) is 0 Å². The Bertz CT molecular complexity index is 779. The monoisotopic (exact) mass is 311 g/mol. The SMILES string of the molecule is Cn1cccc1CNC(=O)CCc1nc(-c2ccncc2)no1. The van der Waals surface area contributed by atoms with E-state index in [1.54, 1.807) is 24.5 Å². The maximum absolute atomic E-state index is 11.9. The van der Waals surface area contributed by atoms with Gasteiger partial charge in [-0.15, -0.1) is 0 Å². The molecule has 7 nitrogen and oxygen atoms in total. The fourth-order valence-electron chi connectivity index (χ4n) is 2.15. The molecule has 0 fully saturated rings. The Morgan fingerprint density at radius 1 is 1.30 bits per heavy atom. The molecule has 0 aromatic carbocycles. The van der Waals surface area contributed by atoms with E-state index in [2.05, 4.69) is 20.4 Å². The molecule has 0 aliphatic heterocycles. The van der Waals surface area contributed by atoms with Crippen molar-refractivity contribution in [3.63, 3.8) is 0 Å². The van der Waals surface area contributed by atoms with E-state index in [0.717, 1.165) is 11.3 Å². The van der Waals surface area contributed by atoms with E-state index < -0.39 is 0 Å². The minimum Gasteiger partial charge on any atom is -0.353 e. The Labute approximate surface area is 133 Å². The molecule has 3 aromatic rings. The number of nitrogens with one attached hydrogen (secondary N) is 1. The smallest absolute Gasteiger partial charge is 0.227 e. The number of amides is 1. The molecular weight excluding hydrogens is 294 g/mol. The third kappa shape index (κ3) is 3.82. The zero-order valence-electron chi connectivity index (χ0n) is 12.8. The first-order chi connectivity index (χ1) is 11.2. The van der Waals surface area contributed by atoms with Crippen LogP contribution in [-0.2, 0) is 24.8 Å². The highest BCUT2D eigenvalue weighted by Gasteiger charge is 2.10. The van der Waals surface area contributed by atoms with Crippen LogP contribution in [0.4, 0.5) is 0 Å². The van der Waals surface area contributed by atoms with Crippen LogP contribution in [0.1, 0.15) is 18.0 Å². The van der Waals surface area contributed by atoms with Crippen molar-refractivity contribution in [1.82, 2.24) is 25.0 Å². The minimum absolute atomic E-state index is 0.0464. The molecule has 0 atom stereocenters. The van der Waals surface area contributed by atoms with E-state index in [9.17, 15) is 4.79 Å². The summed E-state index contributed by atoms with van der Waals surface area (Å²) in [6.07, 6.45) is 6.00. The third-order valence-corrected chi connectivity index (χ3v) is 3.49. The molecule has 3 heterocycles. The van der Waals surface area contributed by atoms with E-state index in [4.69, 9.17) is 4.52 Å². The molecule has 23 heavy (non-hydrogen) atoms. The predicted molar refractivity (Wildman–Crippen MR) is 83.1 cm³/mol. The second-order valence-corrected chi connectivity index (χ2v) is 5.13. The van der Waals surface area contributed by atoms with Crippen molar-refractivity contribution in [3.05, 3.63) is 54.4 Å². The van der Waals surface area contributed by atoms with E-state index in [-0.39, 0.29) is 5.91 Å². The van der Waals surface area contributed by atoms with Crippen molar-refractivity contribution in [1.29, 1.82) is 0 Å². The average molecular weight is 311 g/mol. The van der Waals surface area contributed by atoms with Crippen LogP contribution in [0.15, 0.2) is 47.4 Å². The van der Waals surface area contributed by atoms with Gasteiger partial charge in [0.15, 0.2) is 0 Å². The van der Waals surface area contributed by atoms with Crippen molar-refractivity contribution in [3.8, 4) is 11.4 Å². The second kappa shape index (κ2) is 6.87. The summed E-state index contributed by atoms with van der Waals surface area (Å²) < 4.78 is 7.14. The molecule has 0 unspecified atom stereocenters. The number of hydrogen-bond acceptors (Lipinski definition) is 5. The highest BCUT2D eigenvalue weighted by atomic mass is 16.5. The van der Waals surface area contributed by atoms with E-state index >= 15 is 0 Å². The summed E-state index contributed by atoms with van der Waals surface area (Å²) in [5.41, 5.74) is 1.89. The van der Waals surface area contributed by atoms with Crippen LogP contribution in [0.5, 0.6) is 0 Å². The lowest BCUT2D eigenvalue weighted by molar-refractivity contribution is -0.121. The van der Waals surface area contributed by atoms with Crippen molar-refractivity contribution in [2.75, 3.05) is 0 Å². The van der Waals surface area contributed by atoms with Gasteiger partial charge in [-0.05, 0) is 24.3 Å². The summed E-state index contributed by atoms with van der Waals surface area (Å²) in [4.78, 5) is 20.1. The molecule has 0 aliphatic rings. The average Bonchev–Trinajstić information content (AvgIpc) is 3.21. The molecule has 0 saturated carbocycles. The highest BCUT2D eigenvalue weighted by molar-refractivity contribution is 5.76. The van der Waals surface area contributed by atoms with Crippen molar-refractivity contribution in [2.24, 2.45) is 7.05 Å². The van der Waals surface area contributed by atoms with Crippen LogP contribution in [0, 0.1) is 0 Å². The highest BCUT2D eigenvalue weighted by Crippen LogP contribution is 2.14. The molecule has 0 spiro atoms. The molecule has 7 heteroatoms. The number of hydrogen-bond donors (Lipinski definition) is 1. The number of nitrogens with zero attached hydrogens (tertiary/aromatic N) is 4. The predicted octanol–water partition coefficient (Wildman–Crippen LogP) is 1.72. The Balaban J connectivity index is 1.50. The van der Waals surface area contributed by atoms with Gasteiger partial charge >= 0.3 is 0 Å². The first-order valence-corrected chi connectivity index (χ1v) is 7.32. The van der Waals surface area contributed by atoms with Gasteiger partial charge in [-0.1, -0.05) is 5.16 Å². The summed E-state index contributed by atoms with van der Waals surface area (Å²) in [7, 11) is 1.94. The zero-order valence-corrected chi connectivity index (χ0v) is 12.8. The van der Waals surface area contributed by atoms with Gasteiger partial charge in [-0.2, -0.15) is 4.98 Å². The van der Waals surface area contributed by atoms with Gasteiger partial charge in [0.25, 0.3) is 0 Å². The van der Waals surface area contributed by atoms with E-state index in [1.165, 1.54) is 0 Å². The molecule has 118 valence electrons. The summed E-state index contributed by atoms with van der Waals surface area (Å²) in [5, 5.41) is 6.79. The third-order valence-electron chi connectivity index (χ3n) is 3.49. The fraction of sp³-hybridized carbons (Fsp3) is 0.250. The first-order valence-electron chi connectivity index (χ1n) is 7.32. The van der Waals surface area contributed by atoms with Gasteiger partial charge < -0.3 is 14.4 Å². The molecule has 1 amide bonds. The summed E-state index contributed by atoms with van der Waals surface area (Å²) in [6, 6.07) is 7.53. The van der Waals surface area contributed by atoms with Gasteiger partial charge in [0.05, 0.1) is 6.54 Å². The Hall–Kier alpha value is -2.96. The van der Waals surface area contributed by atoms with Crippen LogP contribution >= 0.6 is 0 Å². The molecule has 1 N–H and O–H groups in total. The largest absolute Gasteiger partial charge is 0.353 e. The van der Waals surface area contributed by atoms with Gasteiger partial charge in [0, 0.05) is 49.7 Å². The molecule has 0 radical (unpaired) electrons. The lowest BCUT2D eigenvalue weighted by Crippen LogP contribution is -2.24. The maximum atomic E-state index is 11.9. The molecular formula is C16H17N5O2. The summed E-state index contributed by atoms with van der Waals surface area (Å²) in [6.45, 7) is 0.508. The van der Waals surface area contributed by atoms with Crippen LogP contribution in [0.25, 0.3) is 11.4 Å². The number of carbonyl (C=O) groups is 1. The topological polar surface area (TPSA) is 85.8 Å².